The van der Waals surface area contributed by atoms with Gasteiger partial charge in [0.1, 0.15) is 17.6 Å². The van der Waals surface area contributed by atoms with Crippen molar-refractivity contribution in [1.29, 1.82) is 0 Å². The van der Waals surface area contributed by atoms with E-state index in [-0.39, 0.29) is 28.7 Å². The largest absolute Gasteiger partial charge is 0.508 e. The monoisotopic (exact) mass is 374 g/mol. The minimum atomic E-state index is -0.687. The van der Waals surface area contributed by atoms with Crippen molar-refractivity contribution in [3.63, 3.8) is 0 Å². The Morgan fingerprint density at radius 2 is 1.52 bits per heavy atom. The number of hydrogen-bond acceptors (Lipinski definition) is 8. The molecule has 0 fully saturated rings. The molecule has 0 aliphatic heterocycles. The van der Waals surface area contributed by atoms with E-state index in [1.807, 2.05) is 55.4 Å². The van der Waals surface area contributed by atoms with Gasteiger partial charge in [0, 0.05) is 5.75 Å². The zero-order valence-corrected chi connectivity index (χ0v) is 17.9. The molecule has 0 spiro atoms. The normalized spacial score (nSPS) is 14.9. The van der Waals surface area contributed by atoms with Crippen LogP contribution in [0.4, 0.5) is 4.79 Å². The van der Waals surface area contributed by atoms with E-state index in [4.69, 9.17) is 9.47 Å². The van der Waals surface area contributed by atoms with Crippen LogP contribution < -0.4 is 0 Å². The van der Waals surface area contributed by atoms with Crippen LogP contribution in [0.25, 0.3) is 0 Å². The van der Waals surface area contributed by atoms with Gasteiger partial charge in [-0.05, 0) is 62.3 Å². The van der Waals surface area contributed by atoms with Crippen LogP contribution in [0.15, 0.2) is 20.5 Å². The Hall–Kier alpha value is -1.18. The molecular weight excluding hydrogens is 340 g/mol. The van der Waals surface area contributed by atoms with Crippen molar-refractivity contribution in [3.8, 4) is 0 Å². The highest BCUT2D eigenvalue weighted by Gasteiger charge is 2.19. The first-order valence-corrected chi connectivity index (χ1v) is 9.49. The summed E-state index contributed by atoms with van der Waals surface area (Å²) in [6.45, 7) is 18.2. The lowest BCUT2D eigenvalue weighted by Gasteiger charge is -2.20. The molecule has 25 heavy (non-hydrogen) atoms. The second-order valence-electron chi connectivity index (χ2n) is 8.29. The molecule has 0 aliphatic carbocycles. The van der Waals surface area contributed by atoms with Crippen LogP contribution in [0.1, 0.15) is 62.3 Å². The van der Waals surface area contributed by atoms with Gasteiger partial charge in [-0.25, -0.2) is 4.79 Å². The van der Waals surface area contributed by atoms with Gasteiger partial charge in [-0.2, -0.15) is 20.5 Å². The topological polar surface area (TPSA) is 85.0 Å². The van der Waals surface area contributed by atoms with E-state index in [0.29, 0.717) is 12.3 Å². The standard InChI is InChI=1S/C17H34N4O3S/c1-13(12-18-19-15(2,3)4)24-14(22)23-10-11-25-17(8,9)21-20-16(5,6)7/h13H,10-12H2,1-9H3/b19-18+,21-20+. The number of ether oxygens (including phenoxy) is 2. The third-order valence-corrected chi connectivity index (χ3v) is 3.52. The lowest BCUT2D eigenvalue weighted by atomic mass is 10.1. The Balaban J connectivity index is 4.04. The van der Waals surface area contributed by atoms with Crippen LogP contribution in [0.5, 0.6) is 0 Å². The Kier molecular flexibility index (Phi) is 9.61. The van der Waals surface area contributed by atoms with E-state index in [0.717, 1.165) is 0 Å². The van der Waals surface area contributed by atoms with E-state index in [9.17, 15) is 4.79 Å². The van der Waals surface area contributed by atoms with E-state index < -0.39 is 6.16 Å². The first-order chi connectivity index (χ1) is 11.2. The zero-order valence-electron chi connectivity index (χ0n) is 17.1. The highest BCUT2D eigenvalue weighted by Crippen LogP contribution is 2.27. The molecule has 1 atom stereocenters. The molecule has 0 aromatic heterocycles. The molecule has 0 bridgehead atoms. The van der Waals surface area contributed by atoms with Crippen LogP contribution in [0, 0.1) is 0 Å². The Morgan fingerprint density at radius 3 is 2.04 bits per heavy atom. The summed E-state index contributed by atoms with van der Waals surface area (Å²) in [5.41, 5.74) is -0.423. The molecule has 0 aliphatic rings. The van der Waals surface area contributed by atoms with Gasteiger partial charge in [0.2, 0.25) is 0 Å². The van der Waals surface area contributed by atoms with Gasteiger partial charge >= 0.3 is 6.16 Å². The summed E-state index contributed by atoms with van der Waals surface area (Å²) in [6.07, 6.45) is -1.06. The SMILES string of the molecule is CC(C/N=N/C(C)(C)C)OC(=O)OCCSC(C)(C)/N=N/C(C)(C)C. The zero-order chi connectivity index (χ0) is 19.7. The maximum atomic E-state index is 11.6. The van der Waals surface area contributed by atoms with Gasteiger partial charge in [0.25, 0.3) is 0 Å². The smallest absolute Gasteiger partial charge is 0.433 e. The molecule has 0 radical (unpaired) electrons. The van der Waals surface area contributed by atoms with Crippen molar-refractivity contribution in [3.05, 3.63) is 0 Å². The molecule has 0 N–H and O–H groups in total. The maximum absolute atomic E-state index is 11.6. The van der Waals surface area contributed by atoms with Crippen molar-refractivity contribution in [2.45, 2.75) is 84.4 Å². The Labute approximate surface area is 156 Å². The van der Waals surface area contributed by atoms with Crippen LogP contribution in [0.2, 0.25) is 0 Å². The molecule has 0 saturated heterocycles. The highest BCUT2D eigenvalue weighted by atomic mass is 32.2. The number of rotatable bonds is 8. The summed E-state index contributed by atoms with van der Waals surface area (Å²) in [6, 6.07) is 0. The quantitative estimate of drug-likeness (QED) is 0.319. The predicted octanol–water partition coefficient (Wildman–Crippen LogP) is 5.50. The van der Waals surface area contributed by atoms with E-state index in [2.05, 4.69) is 20.5 Å². The third-order valence-electron chi connectivity index (χ3n) is 2.36. The Morgan fingerprint density at radius 1 is 0.960 bits per heavy atom. The number of carbonyl (C=O) groups excluding carboxylic acids is 1. The highest BCUT2D eigenvalue weighted by molar-refractivity contribution is 8.00. The van der Waals surface area contributed by atoms with Gasteiger partial charge in [-0.3, -0.25) is 0 Å². The molecule has 0 heterocycles. The minimum Gasteiger partial charge on any atom is -0.433 e. The van der Waals surface area contributed by atoms with Gasteiger partial charge in [0.05, 0.1) is 17.6 Å². The molecule has 7 nitrogen and oxygen atoms in total. The second-order valence-corrected chi connectivity index (χ2v) is 9.98. The lowest BCUT2D eigenvalue weighted by Crippen LogP contribution is -2.21. The summed E-state index contributed by atoms with van der Waals surface area (Å²) in [5.74, 6) is 0.614. The number of azo groups is 2. The van der Waals surface area contributed by atoms with Gasteiger partial charge < -0.3 is 9.47 Å². The Bertz CT molecular complexity index is 465. The van der Waals surface area contributed by atoms with Crippen molar-refractivity contribution >= 4 is 17.9 Å². The fourth-order valence-corrected chi connectivity index (χ4v) is 2.08. The second kappa shape index (κ2) is 10.1. The van der Waals surface area contributed by atoms with Crippen molar-refractivity contribution in [2.75, 3.05) is 18.9 Å². The molecule has 1 unspecified atom stereocenters. The molecule has 0 rings (SSSR count). The third kappa shape index (κ3) is 16.1. The van der Waals surface area contributed by atoms with Crippen LogP contribution in [-0.4, -0.2) is 47.1 Å². The van der Waals surface area contributed by atoms with E-state index >= 15 is 0 Å². The van der Waals surface area contributed by atoms with Crippen molar-refractivity contribution in [2.24, 2.45) is 20.5 Å². The summed E-state index contributed by atoms with van der Waals surface area (Å²) < 4.78 is 10.2. The predicted molar refractivity (Wildman–Crippen MR) is 103 cm³/mol. The molecule has 8 heteroatoms. The lowest BCUT2D eigenvalue weighted by molar-refractivity contribution is 0.0351. The maximum Gasteiger partial charge on any atom is 0.508 e. The molecule has 0 amide bonds. The molecule has 0 saturated carbocycles. The summed E-state index contributed by atoms with van der Waals surface area (Å²) in [5, 5.41) is 16.8. The van der Waals surface area contributed by atoms with E-state index in [1.54, 1.807) is 18.7 Å². The summed E-state index contributed by atoms with van der Waals surface area (Å²) >= 11 is 1.57. The van der Waals surface area contributed by atoms with Crippen LogP contribution in [0.3, 0.4) is 0 Å². The number of thioether (sulfide) groups is 1. The molecule has 146 valence electrons. The average Bonchev–Trinajstić information content (AvgIpc) is 2.39. The average molecular weight is 375 g/mol. The molecular formula is C17H34N4O3S. The molecule has 0 aromatic rings. The number of hydrogen-bond donors (Lipinski definition) is 0. The summed E-state index contributed by atoms with van der Waals surface area (Å²) in [4.78, 5) is 11.3. The van der Waals surface area contributed by atoms with Gasteiger partial charge in [-0.1, -0.05) is 0 Å². The van der Waals surface area contributed by atoms with E-state index in [1.165, 1.54) is 0 Å². The minimum absolute atomic E-state index is 0.196. The van der Waals surface area contributed by atoms with Crippen LogP contribution >= 0.6 is 11.8 Å². The van der Waals surface area contributed by atoms with Crippen molar-refractivity contribution in [1.82, 2.24) is 0 Å². The van der Waals surface area contributed by atoms with Crippen molar-refractivity contribution < 1.29 is 14.3 Å². The first-order valence-electron chi connectivity index (χ1n) is 8.50. The fourth-order valence-electron chi connectivity index (χ4n) is 1.32. The molecule has 0 aromatic carbocycles. The van der Waals surface area contributed by atoms with Crippen LogP contribution in [-0.2, 0) is 9.47 Å². The number of nitrogens with zero attached hydrogens (tertiary/aromatic N) is 4. The first kappa shape index (κ1) is 23.8. The fraction of sp³-hybridized carbons (Fsp3) is 0.941. The summed E-state index contributed by atoms with van der Waals surface area (Å²) in [7, 11) is 0. The number of carbonyl (C=O) groups is 1. The van der Waals surface area contributed by atoms with Gasteiger partial charge in [-0.15, -0.1) is 11.8 Å². The van der Waals surface area contributed by atoms with Gasteiger partial charge in [0.15, 0.2) is 0 Å².